The van der Waals surface area contributed by atoms with E-state index in [1.807, 2.05) is 0 Å². The molecule has 0 amide bonds. The smallest absolute Gasteiger partial charge is 0.210 e. The van der Waals surface area contributed by atoms with Crippen molar-refractivity contribution in [3.8, 4) is 0 Å². The fraction of sp³-hybridized carbons (Fsp3) is 0.375. The zero-order chi connectivity index (χ0) is 11.3. The summed E-state index contributed by atoms with van der Waals surface area (Å²) >= 11 is 0. The van der Waals surface area contributed by atoms with E-state index in [9.17, 15) is 8.42 Å². The topological polar surface area (TPSA) is 90.0 Å². The Balaban J connectivity index is 2.29. The van der Waals surface area contributed by atoms with Gasteiger partial charge in [-0.1, -0.05) is 6.58 Å². The van der Waals surface area contributed by atoms with Crippen LogP contribution in [-0.2, 0) is 16.6 Å². The molecule has 0 aliphatic heterocycles. The Kier molecular flexibility index (Phi) is 4.01. The van der Waals surface area contributed by atoms with Crippen molar-refractivity contribution in [3.05, 3.63) is 24.5 Å². The molecule has 84 valence electrons. The van der Waals surface area contributed by atoms with E-state index >= 15 is 0 Å². The van der Waals surface area contributed by atoms with Gasteiger partial charge in [-0.2, -0.15) is 5.10 Å². The summed E-state index contributed by atoms with van der Waals surface area (Å²) < 4.78 is 22.8. The lowest BCUT2D eigenvalue weighted by atomic mass is 10.3. The number of rotatable bonds is 6. The molecular formula is C8H14N4O2S. The first-order chi connectivity index (χ1) is 7.01. The average Bonchev–Trinajstić information content (AvgIpc) is 2.59. The Bertz CT molecular complexity index is 424. The van der Waals surface area contributed by atoms with E-state index in [1.165, 1.54) is 0 Å². The standard InChI is InChI=1S/C8H14N4O2S/c1-2-12-7-8(6-11-12)5-10-3-4-15(9,13)14/h2,6-7,10H,1,3-5H2,(H2,9,13,14). The van der Waals surface area contributed by atoms with Crippen LogP contribution >= 0.6 is 0 Å². The number of nitrogens with one attached hydrogen (secondary N) is 1. The molecule has 0 aliphatic carbocycles. The van der Waals surface area contributed by atoms with Gasteiger partial charge in [0.2, 0.25) is 10.0 Å². The van der Waals surface area contributed by atoms with Crippen LogP contribution in [-0.4, -0.2) is 30.5 Å². The molecule has 15 heavy (non-hydrogen) atoms. The van der Waals surface area contributed by atoms with E-state index in [-0.39, 0.29) is 5.75 Å². The van der Waals surface area contributed by atoms with Crippen LogP contribution in [0.2, 0.25) is 0 Å². The maximum atomic E-state index is 10.6. The molecule has 1 rings (SSSR count). The minimum Gasteiger partial charge on any atom is -0.311 e. The minimum absolute atomic E-state index is 0.0669. The predicted octanol–water partition coefficient (Wildman–Crippen LogP) is -0.638. The third-order valence-electron chi connectivity index (χ3n) is 1.73. The molecule has 0 saturated carbocycles. The van der Waals surface area contributed by atoms with E-state index in [2.05, 4.69) is 17.0 Å². The van der Waals surface area contributed by atoms with Crippen molar-refractivity contribution in [2.45, 2.75) is 6.54 Å². The van der Waals surface area contributed by atoms with Crippen LogP contribution in [0.5, 0.6) is 0 Å². The molecule has 0 atom stereocenters. The second kappa shape index (κ2) is 5.06. The summed E-state index contributed by atoms with van der Waals surface area (Å²) in [5.41, 5.74) is 0.962. The highest BCUT2D eigenvalue weighted by atomic mass is 32.2. The van der Waals surface area contributed by atoms with Gasteiger partial charge in [-0.3, -0.25) is 0 Å². The molecule has 0 aliphatic rings. The zero-order valence-corrected chi connectivity index (χ0v) is 9.07. The van der Waals surface area contributed by atoms with Gasteiger partial charge in [-0.25, -0.2) is 18.2 Å². The van der Waals surface area contributed by atoms with Crippen LogP contribution in [0.3, 0.4) is 0 Å². The van der Waals surface area contributed by atoms with Crippen LogP contribution in [0.25, 0.3) is 6.20 Å². The first-order valence-corrected chi connectivity index (χ1v) is 6.09. The first-order valence-electron chi connectivity index (χ1n) is 4.38. The average molecular weight is 230 g/mol. The molecule has 3 N–H and O–H groups in total. The quantitative estimate of drug-likeness (QED) is 0.636. The number of nitrogens with two attached hydrogens (primary N) is 1. The largest absolute Gasteiger partial charge is 0.311 e. The van der Waals surface area contributed by atoms with Gasteiger partial charge in [0.15, 0.2) is 0 Å². The molecule has 7 heteroatoms. The predicted molar refractivity (Wildman–Crippen MR) is 58.3 cm³/mol. The van der Waals surface area contributed by atoms with Crippen LogP contribution in [0, 0.1) is 0 Å². The fourth-order valence-electron chi connectivity index (χ4n) is 1.02. The summed E-state index contributed by atoms with van der Waals surface area (Å²) in [5, 5.41) is 11.8. The van der Waals surface area contributed by atoms with Gasteiger partial charge >= 0.3 is 0 Å². The van der Waals surface area contributed by atoms with Gasteiger partial charge in [0.25, 0.3) is 0 Å². The second-order valence-corrected chi connectivity index (χ2v) is 4.79. The third kappa shape index (κ3) is 4.73. The molecule has 0 fully saturated rings. The summed E-state index contributed by atoms with van der Waals surface area (Å²) in [6, 6.07) is 0. The van der Waals surface area contributed by atoms with E-state index in [0.29, 0.717) is 13.1 Å². The van der Waals surface area contributed by atoms with Gasteiger partial charge in [-0.05, 0) is 0 Å². The Morgan fingerprint density at radius 2 is 2.40 bits per heavy atom. The van der Waals surface area contributed by atoms with Gasteiger partial charge in [0.1, 0.15) is 0 Å². The summed E-state index contributed by atoms with van der Waals surface area (Å²) in [4.78, 5) is 0. The maximum Gasteiger partial charge on any atom is 0.210 e. The number of nitrogens with zero attached hydrogens (tertiary/aromatic N) is 2. The molecule has 0 spiro atoms. The molecule has 0 bridgehead atoms. The number of primary sulfonamides is 1. The van der Waals surface area contributed by atoms with E-state index in [1.54, 1.807) is 23.3 Å². The SMILES string of the molecule is C=Cn1cc(CNCCS(N)(=O)=O)cn1. The van der Waals surface area contributed by atoms with Gasteiger partial charge in [0.05, 0.1) is 11.9 Å². The lowest BCUT2D eigenvalue weighted by molar-refractivity contribution is 0.592. The number of sulfonamides is 1. The molecular weight excluding hydrogens is 216 g/mol. The van der Waals surface area contributed by atoms with Crippen molar-refractivity contribution in [2.75, 3.05) is 12.3 Å². The highest BCUT2D eigenvalue weighted by molar-refractivity contribution is 7.89. The molecule has 1 aromatic rings. The van der Waals surface area contributed by atoms with Gasteiger partial charge in [0, 0.05) is 31.0 Å². The van der Waals surface area contributed by atoms with E-state index in [4.69, 9.17) is 5.14 Å². The lowest BCUT2D eigenvalue weighted by Crippen LogP contribution is -2.26. The highest BCUT2D eigenvalue weighted by Gasteiger charge is 2.01. The number of aromatic nitrogens is 2. The van der Waals surface area contributed by atoms with Crippen molar-refractivity contribution in [2.24, 2.45) is 5.14 Å². The normalized spacial score (nSPS) is 11.5. The Hall–Kier alpha value is -1.18. The minimum atomic E-state index is -3.38. The van der Waals surface area contributed by atoms with Crippen molar-refractivity contribution < 1.29 is 8.42 Å². The highest BCUT2D eigenvalue weighted by Crippen LogP contribution is 1.96. The van der Waals surface area contributed by atoms with Crippen molar-refractivity contribution in [1.82, 2.24) is 15.1 Å². The van der Waals surface area contributed by atoms with E-state index < -0.39 is 10.0 Å². The first kappa shape index (κ1) is 11.9. The van der Waals surface area contributed by atoms with Crippen LogP contribution in [0.4, 0.5) is 0 Å². The molecule has 0 radical (unpaired) electrons. The Morgan fingerprint density at radius 3 is 2.93 bits per heavy atom. The van der Waals surface area contributed by atoms with Gasteiger partial charge < -0.3 is 5.32 Å². The second-order valence-electron chi connectivity index (χ2n) is 3.05. The summed E-state index contributed by atoms with van der Waals surface area (Å²) in [6.07, 6.45) is 5.07. The molecule has 6 nitrogen and oxygen atoms in total. The molecule has 0 aromatic carbocycles. The van der Waals surface area contributed by atoms with Crippen LogP contribution < -0.4 is 10.5 Å². The third-order valence-corrected chi connectivity index (χ3v) is 2.51. The monoisotopic (exact) mass is 230 g/mol. The number of hydrogen-bond acceptors (Lipinski definition) is 4. The summed E-state index contributed by atoms with van der Waals surface area (Å²) in [7, 11) is -3.38. The zero-order valence-electron chi connectivity index (χ0n) is 8.26. The van der Waals surface area contributed by atoms with Crippen molar-refractivity contribution >= 4 is 16.2 Å². The molecule has 0 saturated heterocycles. The Labute approximate surface area is 88.8 Å². The number of hydrogen-bond donors (Lipinski definition) is 2. The van der Waals surface area contributed by atoms with Crippen LogP contribution in [0.1, 0.15) is 5.56 Å². The van der Waals surface area contributed by atoms with E-state index in [0.717, 1.165) is 5.56 Å². The molecule has 0 unspecified atom stereocenters. The Morgan fingerprint density at radius 1 is 1.67 bits per heavy atom. The maximum absolute atomic E-state index is 10.6. The lowest BCUT2D eigenvalue weighted by Gasteiger charge is -2.00. The summed E-state index contributed by atoms with van der Waals surface area (Å²) in [5.74, 6) is -0.0669. The fourth-order valence-corrected chi connectivity index (χ4v) is 1.44. The molecule has 1 heterocycles. The molecule has 1 aromatic heterocycles. The summed E-state index contributed by atoms with van der Waals surface area (Å²) in [6.45, 7) is 4.45. The van der Waals surface area contributed by atoms with Crippen molar-refractivity contribution in [3.63, 3.8) is 0 Å². The van der Waals surface area contributed by atoms with Crippen LogP contribution in [0.15, 0.2) is 19.0 Å². The van der Waals surface area contributed by atoms with Crippen molar-refractivity contribution in [1.29, 1.82) is 0 Å². The van der Waals surface area contributed by atoms with Gasteiger partial charge in [-0.15, -0.1) is 0 Å².